The van der Waals surface area contributed by atoms with E-state index in [1.165, 1.54) is 6.07 Å². The SMILES string of the molecule is CCOC(=O)c1cccc(C(=O)CCC#N)c1. The third-order valence-corrected chi connectivity index (χ3v) is 2.16. The van der Waals surface area contributed by atoms with E-state index in [0.29, 0.717) is 17.7 Å². The third-order valence-electron chi connectivity index (χ3n) is 2.16. The van der Waals surface area contributed by atoms with E-state index >= 15 is 0 Å². The zero-order valence-electron chi connectivity index (χ0n) is 9.60. The minimum atomic E-state index is -0.442. The van der Waals surface area contributed by atoms with Crippen molar-refractivity contribution in [2.24, 2.45) is 0 Å². The summed E-state index contributed by atoms with van der Waals surface area (Å²) in [5, 5.41) is 8.40. The summed E-state index contributed by atoms with van der Waals surface area (Å²) in [6.07, 6.45) is 0.352. The molecule has 0 aliphatic carbocycles. The second-order valence-electron chi connectivity index (χ2n) is 3.38. The van der Waals surface area contributed by atoms with Gasteiger partial charge in [-0.05, 0) is 19.1 Å². The summed E-state index contributed by atoms with van der Waals surface area (Å²) in [7, 11) is 0. The molecule has 0 aliphatic heterocycles. The van der Waals surface area contributed by atoms with Crippen molar-refractivity contribution in [3.05, 3.63) is 35.4 Å². The monoisotopic (exact) mass is 231 g/mol. The Labute approximate surface area is 99.8 Å². The predicted octanol–water partition coefficient (Wildman–Crippen LogP) is 2.35. The summed E-state index contributed by atoms with van der Waals surface area (Å²) in [6, 6.07) is 8.27. The van der Waals surface area contributed by atoms with E-state index in [1.54, 1.807) is 25.1 Å². The van der Waals surface area contributed by atoms with Crippen molar-refractivity contribution >= 4 is 11.8 Å². The van der Waals surface area contributed by atoms with Crippen LogP contribution in [0.25, 0.3) is 0 Å². The Balaban J connectivity index is 2.82. The first kappa shape index (κ1) is 12.9. The smallest absolute Gasteiger partial charge is 0.338 e. The van der Waals surface area contributed by atoms with Crippen molar-refractivity contribution in [2.45, 2.75) is 19.8 Å². The maximum Gasteiger partial charge on any atom is 0.338 e. The molecule has 17 heavy (non-hydrogen) atoms. The summed E-state index contributed by atoms with van der Waals surface area (Å²) in [4.78, 5) is 23.1. The van der Waals surface area contributed by atoms with Crippen LogP contribution in [0.4, 0.5) is 0 Å². The van der Waals surface area contributed by atoms with Crippen LogP contribution in [0.15, 0.2) is 24.3 Å². The summed E-state index contributed by atoms with van der Waals surface area (Å²) in [5.41, 5.74) is 0.792. The van der Waals surface area contributed by atoms with Crippen LogP contribution in [0.5, 0.6) is 0 Å². The van der Waals surface area contributed by atoms with E-state index in [-0.39, 0.29) is 18.6 Å². The maximum atomic E-state index is 11.6. The number of carbonyl (C=O) groups excluding carboxylic acids is 2. The number of ether oxygens (including phenoxy) is 1. The topological polar surface area (TPSA) is 67.2 Å². The number of Topliss-reactive ketones (excluding diaryl/α,β-unsaturated/α-hetero) is 1. The van der Waals surface area contributed by atoms with E-state index in [0.717, 1.165) is 0 Å². The second-order valence-corrected chi connectivity index (χ2v) is 3.38. The summed E-state index contributed by atoms with van der Waals surface area (Å²) >= 11 is 0. The molecule has 88 valence electrons. The lowest BCUT2D eigenvalue weighted by Crippen LogP contribution is -2.06. The minimum Gasteiger partial charge on any atom is -0.462 e. The van der Waals surface area contributed by atoms with Crippen LogP contribution >= 0.6 is 0 Å². The van der Waals surface area contributed by atoms with Crippen LogP contribution in [-0.2, 0) is 4.74 Å². The Kier molecular flexibility index (Phi) is 4.89. The number of nitrogens with zero attached hydrogens (tertiary/aromatic N) is 1. The molecule has 0 bridgehead atoms. The van der Waals surface area contributed by atoms with Crippen molar-refractivity contribution in [3.8, 4) is 6.07 Å². The van der Waals surface area contributed by atoms with Gasteiger partial charge in [0.1, 0.15) is 0 Å². The zero-order valence-corrected chi connectivity index (χ0v) is 9.60. The van der Waals surface area contributed by atoms with Gasteiger partial charge in [-0.15, -0.1) is 0 Å². The first-order chi connectivity index (χ1) is 8.19. The molecule has 4 nitrogen and oxygen atoms in total. The molecule has 0 spiro atoms. The predicted molar refractivity (Wildman–Crippen MR) is 61.6 cm³/mol. The average Bonchev–Trinajstić information content (AvgIpc) is 2.36. The van der Waals surface area contributed by atoms with E-state index in [2.05, 4.69) is 0 Å². The van der Waals surface area contributed by atoms with Gasteiger partial charge in [-0.2, -0.15) is 5.26 Å². The van der Waals surface area contributed by atoms with Gasteiger partial charge in [-0.3, -0.25) is 4.79 Å². The van der Waals surface area contributed by atoms with E-state index in [4.69, 9.17) is 10.00 Å². The largest absolute Gasteiger partial charge is 0.462 e. The molecule has 0 saturated heterocycles. The number of benzene rings is 1. The van der Waals surface area contributed by atoms with Gasteiger partial charge in [0.2, 0.25) is 0 Å². The average molecular weight is 231 g/mol. The maximum absolute atomic E-state index is 11.6. The second kappa shape index (κ2) is 6.44. The number of esters is 1. The highest BCUT2D eigenvalue weighted by Gasteiger charge is 2.10. The van der Waals surface area contributed by atoms with Crippen LogP contribution in [0.2, 0.25) is 0 Å². The van der Waals surface area contributed by atoms with Gasteiger partial charge in [0.05, 0.1) is 18.2 Å². The Morgan fingerprint density at radius 2 is 2.06 bits per heavy atom. The fourth-order valence-electron chi connectivity index (χ4n) is 1.35. The fourth-order valence-corrected chi connectivity index (χ4v) is 1.35. The lowest BCUT2D eigenvalue weighted by Gasteiger charge is -2.03. The minimum absolute atomic E-state index is 0.141. The van der Waals surface area contributed by atoms with Gasteiger partial charge in [-0.1, -0.05) is 12.1 Å². The molecule has 0 N–H and O–H groups in total. The molecule has 0 saturated carbocycles. The number of nitriles is 1. The zero-order chi connectivity index (χ0) is 12.7. The number of rotatable bonds is 5. The Morgan fingerprint density at radius 1 is 1.35 bits per heavy atom. The van der Waals surface area contributed by atoms with Gasteiger partial charge in [0, 0.05) is 18.4 Å². The van der Waals surface area contributed by atoms with Crippen molar-refractivity contribution in [3.63, 3.8) is 0 Å². The molecule has 0 fully saturated rings. The molecule has 4 heteroatoms. The highest BCUT2D eigenvalue weighted by molar-refractivity contribution is 5.99. The molecule has 0 aromatic heterocycles. The summed E-state index contributed by atoms with van der Waals surface area (Å²) in [5.74, 6) is -0.583. The summed E-state index contributed by atoms with van der Waals surface area (Å²) < 4.78 is 4.84. The normalized spacial score (nSPS) is 9.41. The van der Waals surface area contributed by atoms with Gasteiger partial charge < -0.3 is 4.74 Å². The first-order valence-electron chi connectivity index (χ1n) is 5.36. The van der Waals surface area contributed by atoms with Crippen LogP contribution in [0.1, 0.15) is 40.5 Å². The molecule has 0 amide bonds. The fraction of sp³-hybridized carbons (Fsp3) is 0.308. The number of carbonyl (C=O) groups is 2. The molecule has 0 atom stereocenters. The third kappa shape index (κ3) is 3.72. The number of hydrogen-bond donors (Lipinski definition) is 0. The van der Waals surface area contributed by atoms with Crippen LogP contribution in [0.3, 0.4) is 0 Å². The summed E-state index contributed by atoms with van der Waals surface area (Å²) in [6.45, 7) is 2.02. The van der Waals surface area contributed by atoms with Gasteiger partial charge in [-0.25, -0.2) is 4.79 Å². The van der Waals surface area contributed by atoms with Crippen molar-refractivity contribution in [1.82, 2.24) is 0 Å². The van der Waals surface area contributed by atoms with Crippen LogP contribution in [0, 0.1) is 11.3 Å². The molecule has 0 heterocycles. The molecule has 1 aromatic rings. The van der Waals surface area contributed by atoms with Gasteiger partial charge in [0.15, 0.2) is 5.78 Å². The Morgan fingerprint density at radius 3 is 2.71 bits per heavy atom. The van der Waals surface area contributed by atoms with E-state index in [9.17, 15) is 9.59 Å². The number of hydrogen-bond acceptors (Lipinski definition) is 4. The van der Waals surface area contributed by atoms with Crippen molar-refractivity contribution in [1.29, 1.82) is 5.26 Å². The Bertz CT molecular complexity index is 460. The lowest BCUT2D eigenvalue weighted by molar-refractivity contribution is 0.0526. The van der Waals surface area contributed by atoms with Crippen LogP contribution in [-0.4, -0.2) is 18.4 Å². The molecule has 0 aliphatic rings. The quantitative estimate of drug-likeness (QED) is 0.576. The van der Waals surface area contributed by atoms with Gasteiger partial charge >= 0.3 is 5.97 Å². The highest BCUT2D eigenvalue weighted by Crippen LogP contribution is 2.10. The molecule has 0 radical (unpaired) electrons. The van der Waals surface area contributed by atoms with Crippen molar-refractivity contribution < 1.29 is 14.3 Å². The standard InChI is InChI=1S/C13H13NO3/c1-2-17-13(16)11-6-3-5-10(9-11)12(15)7-4-8-14/h3,5-6,9H,2,4,7H2,1H3. The molecular weight excluding hydrogens is 218 g/mol. The number of ketones is 1. The molecule has 1 rings (SSSR count). The van der Waals surface area contributed by atoms with E-state index < -0.39 is 5.97 Å². The first-order valence-corrected chi connectivity index (χ1v) is 5.36. The van der Waals surface area contributed by atoms with E-state index in [1.807, 2.05) is 6.07 Å². The highest BCUT2D eigenvalue weighted by atomic mass is 16.5. The van der Waals surface area contributed by atoms with Crippen LogP contribution < -0.4 is 0 Å². The molecule has 0 unspecified atom stereocenters. The lowest BCUT2D eigenvalue weighted by atomic mass is 10.0. The van der Waals surface area contributed by atoms with Crippen molar-refractivity contribution in [2.75, 3.05) is 6.61 Å². The van der Waals surface area contributed by atoms with Gasteiger partial charge in [0.25, 0.3) is 0 Å². The molecule has 1 aromatic carbocycles. The Hall–Kier alpha value is -2.15. The molecular formula is C13H13NO3.